The summed E-state index contributed by atoms with van der Waals surface area (Å²) < 4.78 is 4.86. The first-order valence-electron chi connectivity index (χ1n) is 3.18. The molecule has 3 heteroatoms. The first kappa shape index (κ1) is 14.9. The van der Waals surface area contributed by atoms with Crippen molar-refractivity contribution in [3.05, 3.63) is 42.0 Å². The van der Waals surface area contributed by atoms with Gasteiger partial charge in [-0.25, -0.2) is 18.2 Å². The van der Waals surface area contributed by atoms with Crippen LogP contribution < -0.4 is 0 Å². The fourth-order valence-electron chi connectivity index (χ4n) is 0.788. The molecular weight excluding hydrogens is 497 g/mol. The first-order valence-corrected chi connectivity index (χ1v) is 3.18. The van der Waals surface area contributed by atoms with Crippen LogP contribution in [0.5, 0.6) is 0 Å². The Morgan fingerprint density at radius 3 is 2.58 bits per heavy atom. The van der Waals surface area contributed by atoms with Crippen LogP contribution in [0.2, 0.25) is 0 Å². The van der Waals surface area contributed by atoms with E-state index in [2.05, 4.69) is 6.07 Å². The quantitative estimate of drug-likeness (QED) is 0.558. The van der Waals surface area contributed by atoms with Crippen LogP contribution in [0.4, 0.5) is 0 Å². The third-order valence-electron chi connectivity index (χ3n) is 1.35. The zero-order chi connectivity index (χ0) is 7.40. The Bertz CT molecular complexity index is 213. The molecule has 68 valence electrons. The van der Waals surface area contributed by atoms with Crippen molar-refractivity contribution in [1.82, 2.24) is 0 Å². The Morgan fingerprint density at radius 1 is 1.42 bits per heavy atom. The summed E-state index contributed by atoms with van der Waals surface area (Å²) in [6.45, 7) is 3.72. The molecule has 2 radical (unpaired) electrons. The minimum Gasteiger partial charge on any atom is -0.429 e. The summed E-state index contributed by atoms with van der Waals surface area (Å²) >= 11 is 0. The van der Waals surface area contributed by atoms with E-state index in [0.717, 1.165) is 11.1 Å². The van der Waals surface area contributed by atoms with Gasteiger partial charge in [-0.15, -0.1) is 13.5 Å². The average molecular weight is 507 g/mol. The summed E-state index contributed by atoms with van der Waals surface area (Å²) in [6.07, 6.45) is 0. The van der Waals surface area contributed by atoms with Gasteiger partial charge in [0.15, 0.2) is 0 Å². The van der Waals surface area contributed by atoms with E-state index in [1.807, 2.05) is 25.1 Å². The summed E-state index contributed by atoms with van der Waals surface area (Å²) in [6, 6.07) is 8.90. The summed E-state index contributed by atoms with van der Waals surface area (Å²) in [4.78, 5) is 0. The second kappa shape index (κ2) is 8.00. The van der Waals surface area contributed by atoms with E-state index >= 15 is 0 Å². The number of benzene rings is 1. The van der Waals surface area contributed by atoms with Gasteiger partial charge in [-0.1, -0.05) is 0 Å². The molecule has 0 atom stereocenters. The van der Waals surface area contributed by atoms with Gasteiger partial charge in [-0.2, -0.15) is 0 Å². The first-order chi connectivity index (χ1) is 4.84. The molecular formula is C9H10ORe2-2. The zero-order valence-electron chi connectivity index (χ0n) is 6.97. The molecule has 12 heavy (non-hydrogen) atoms. The Balaban J connectivity index is 0. The SMILES string of the molecule is CO[CH-]c1ccc[c-]c1C.[Re].[Re]. The molecule has 0 fully saturated rings. The summed E-state index contributed by atoms with van der Waals surface area (Å²) in [7, 11) is 1.65. The smallest absolute Gasteiger partial charge is 0.0245 e. The number of ether oxygens (including phenoxy) is 1. The van der Waals surface area contributed by atoms with Gasteiger partial charge in [-0.05, 0) is 0 Å². The summed E-state index contributed by atoms with van der Waals surface area (Å²) in [5, 5.41) is 0. The van der Waals surface area contributed by atoms with Gasteiger partial charge in [0.25, 0.3) is 0 Å². The third kappa shape index (κ3) is 4.41. The van der Waals surface area contributed by atoms with Crippen LogP contribution in [0.1, 0.15) is 11.1 Å². The predicted molar refractivity (Wildman–Crippen MR) is 40.4 cm³/mol. The van der Waals surface area contributed by atoms with Crippen LogP contribution in [-0.2, 0) is 45.6 Å². The summed E-state index contributed by atoms with van der Waals surface area (Å²) in [5.74, 6) is 0. The van der Waals surface area contributed by atoms with Crippen molar-refractivity contribution in [1.29, 1.82) is 0 Å². The molecule has 0 unspecified atom stereocenters. The van der Waals surface area contributed by atoms with Gasteiger partial charge in [-0.3, -0.25) is 17.2 Å². The fourth-order valence-corrected chi connectivity index (χ4v) is 0.788. The Labute approximate surface area is 101 Å². The monoisotopic (exact) mass is 508 g/mol. The molecule has 1 rings (SSSR count). The molecule has 0 aliphatic heterocycles. The van der Waals surface area contributed by atoms with Crippen LogP contribution >= 0.6 is 0 Å². The fraction of sp³-hybridized carbons (Fsp3) is 0.222. The largest absolute Gasteiger partial charge is 0.429 e. The molecule has 0 amide bonds. The molecule has 0 aromatic heterocycles. The molecule has 0 heterocycles. The molecule has 0 aliphatic carbocycles. The van der Waals surface area contributed by atoms with Gasteiger partial charge in [0, 0.05) is 48.0 Å². The molecule has 0 spiro atoms. The van der Waals surface area contributed by atoms with Crippen molar-refractivity contribution in [3.63, 3.8) is 0 Å². The molecule has 0 N–H and O–H groups in total. The predicted octanol–water partition coefficient (Wildman–Crippen LogP) is 1.95. The van der Waals surface area contributed by atoms with E-state index in [0.29, 0.717) is 0 Å². The maximum Gasteiger partial charge on any atom is 0.0245 e. The average Bonchev–Trinajstić information content (AvgIpc) is 1.94. The van der Waals surface area contributed by atoms with Crippen molar-refractivity contribution in [2.75, 3.05) is 7.11 Å². The van der Waals surface area contributed by atoms with Gasteiger partial charge < -0.3 is 4.74 Å². The van der Waals surface area contributed by atoms with Crippen LogP contribution in [0.25, 0.3) is 0 Å². The van der Waals surface area contributed by atoms with Crippen LogP contribution in [-0.4, -0.2) is 7.11 Å². The van der Waals surface area contributed by atoms with Crippen molar-refractivity contribution in [3.8, 4) is 0 Å². The Kier molecular flexibility index (Phi) is 9.91. The van der Waals surface area contributed by atoms with Gasteiger partial charge >= 0.3 is 0 Å². The van der Waals surface area contributed by atoms with Crippen LogP contribution in [0.3, 0.4) is 0 Å². The molecule has 0 bridgehead atoms. The molecule has 0 saturated heterocycles. The van der Waals surface area contributed by atoms with Gasteiger partial charge in [0.1, 0.15) is 0 Å². The molecule has 1 aromatic rings. The zero-order valence-corrected chi connectivity index (χ0v) is 12.4. The topological polar surface area (TPSA) is 9.23 Å². The van der Waals surface area contributed by atoms with Crippen molar-refractivity contribution < 1.29 is 45.6 Å². The number of hydrogen-bond donors (Lipinski definition) is 0. The van der Waals surface area contributed by atoms with E-state index in [1.54, 1.807) is 13.7 Å². The number of hydrogen-bond acceptors (Lipinski definition) is 1. The van der Waals surface area contributed by atoms with Gasteiger partial charge in [0.05, 0.1) is 0 Å². The van der Waals surface area contributed by atoms with Crippen LogP contribution in [0.15, 0.2) is 18.2 Å². The van der Waals surface area contributed by atoms with E-state index in [1.165, 1.54) is 0 Å². The van der Waals surface area contributed by atoms with E-state index in [4.69, 9.17) is 4.74 Å². The minimum atomic E-state index is 0. The standard InChI is InChI=1S/C9H10O.2Re/c1-8-5-3-4-6-9(8)7-10-2;;/h3-4,6-7H,1-2H3;;/q-2;;. The van der Waals surface area contributed by atoms with E-state index in [9.17, 15) is 0 Å². The second-order valence-electron chi connectivity index (χ2n) is 2.10. The van der Waals surface area contributed by atoms with Crippen molar-refractivity contribution in [2.24, 2.45) is 0 Å². The Morgan fingerprint density at radius 2 is 2.08 bits per heavy atom. The normalized spacial score (nSPS) is 7.83. The molecule has 0 saturated carbocycles. The van der Waals surface area contributed by atoms with Gasteiger partial charge in [0.2, 0.25) is 0 Å². The second-order valence-corrected chi connectivity index (χ2v) is 2.10. The maximum absolute atomic E-state index is 4.86. The molecule has 0 aliphatic rings. The third-order valence-corrected chi connectivity index (χ3v) is 1.35. The molecule has 1 aromatic carbocycles. The minimum absolute atomic E-state index is 0. The van der Waals surface area contributed by atoms with Crippen molar-refractivity contribution in [2.45, 2.75) is 6.92 Å². The van der Waals surface area contributed by atoms with Crippen molar-refractivity contribution >= 4 is 0 Å². The number of rotatable bonds is 2. The number of aryl methyl sites for hydroxylation is 1. The number of methoxy groups -OCH3 is 1. The maximum atomic E-state index is 4.86. The Hall–Kier alpha value is 0.375. The molecule has 1 nitrogen and oxygen atoms in total. The van der Waals surface area contributed by atoms with E-state index < -0.39 is 0 Å². The summed E-state index contributed by atoms with van der Waals surface area (Å²) in [5.41, 5.74) is 2.20. The van der Waals surface area contributed by atoms with Crippen LogP contribution in [0, 0.1) is 19.6 Å². The van der Waals surface area contributed by atoms with E-state index in [-0.39, 0.29) is 40.8 Å².